The van der Waals surface area contributed by atoms with Gasteiger partial charge in [0.25, 0.3) is 5.91 Å². The largest absolute Gasteiger partial charge is 0.351 e. The Balaban J connectivity index is 2.00. The van der Waals surface area contributed by atoms with E-state index in [1.54, 1.807) is 36.7 Å². The minimum absolute atomic E-state index is 0.226. The minimum atomic E-state index is -0.342. The molecule has 134 valence electrons. The lowest BCUT2D eigenvalue weighted by atomic mass is 10.1. The van der Waals surface area contributed by atoms with Crippen molar-refractivity contribution >= 4 is 5.91 Å². The zero-order valence-electron chi connectivity index (χ0n) is 14.7. The van der Waals surface area contributed by atoms with Crippen LogP contribution in [0.15, 0.2) is 48.8 Å². The van der Waals surface area contributed by atoms with Gasteiger partial charge in [0, 0.05) is 24.5 Å². The molecular formula is C19H20FN5O. The van der Waals surface area contributed by atoms with Gasteiger partial charge in [0.2, 0.25) is 0 Å². The second-order valence-corrected chi connectivity index (χ2v) is 6.35. The summed E-state index contributed by atoms with van der Waals surface area (Å²) in [7, 11) is 0. The average Bonchev–Trinajstić information content (AvgIpc) is 3.08. The van der Waals surface area contributed by atoms with Crippen molar-refractivity contribution in [3.63, 3.8) is 0 Å². The molecule has 1 amide bonds. The molecular weight excluding hydrogens is 333 g/mol. The predicted octanol–water partition coefficient (Wildman–Crippen LogP) is 3.24. The standard InChI is InChI=1S/C19H20FN5O/c1-13(2)7-12-22-19(26)17-18(14-8-10-21-11-9-14)25(24-23-17)16-5-3-15(20)4-6-16/h3-6,8-11,13H,7,12H2,1-2H3,(H,22,26). The quantitative estimate of drug-likeness (QED) is 0.738. The van der Waals surface area contributed by atoms with Gasteiger partial charge in [-0.05, 0) is 48.7 Å². The summed E-state index contributed by atoms with van der Waals surface area (Å²) in [6.45, 7) is 4.76. The molecule has 0 aliphatic rings. The Labute approximate surface area is 151 Å². The van der Waals surface area contributed by atoms with E-state index < -0.39 is 0 Å². The van der Waals surface area contributed by atoms with E-state index in [-0.39, 0.29) is 17.4 Å². The maximum absolute atomic E-state index is 13.2. The van der Waals surface area contributed by atoms with E-state index in [1.807, 2.05) is 0 Å². The fourth-order valence-electron chi connectivity index (χ4n) is 2.52. The fraction of sp³-hybridized carbons (Fsp3) is 0.263. The summed E-state index contributed by atoms with van der Waals surface area (Å²) in [5, 5.41) is 11.1. The number of hydrogen-bond acceptors (Lipinski definition) is 4. The molecule has 1 aromatic carbocycles. The number of carbonyl (C=O) groups is 1. The van der Waals surface area contributed by atoms with Crippen LogP contribution in [0.3, 0.4) is 0 Å². The Bertz CT molecular complexity index is 875. The van der Waals surface area contributed by atoms with Crippen LogP contribution in [0.4, 0.5) is 4.39 Å². The van der Waals surface area contributed by atoms with Crippen LogP contribution in [0.1, 0.15) is 30.8 Å². The van der Waals surface area contributed by atoms with Crippen LogP contribution < -0.4 is 5.32 Å². The number of amides is 1. The third-order valence-electron chi connectivity index (χ3n) is 3.92. The first-order valence-corrected chi connectivity index (χ1v) is 8.46. The van der Waals surface area contributed by atoms with Gasteiger partial charge < -0.3 is 5.32 Å². The van der Waals surface area contributed by atoms with Crippen LogP contribution in [-0.4, -0.2) is 32.4 Å². The molecule has 0 aliphatic heterocycles. The van der Waals surface area contributed by atoms with E-state index in [0.717, 1.165) is 12.0 Å². The number of pyridine rings is 1. The fourth-order valence-corrected chi connectivity index (χ4v) is 2.52. The van der Waals surface area contributed by atoms with Crippen molar-refractivity contribution in [1.82, 2.24) is 25.3 Å². The van der Waals surface area contributed by atoms with Crippen LogP contribution >= 0.6 is 0 Å². The van der Waals surface area contributed by atoms with Gasteiger partial charge in [-0.1, -0.05) is 19.1 Å². The van der Waals surface area contributed by atoms with Gasteiger partial charge >= 0.3 is 0 Å². The molecule has 0 unspecified atom stereocenters. The molecule has 0 atom stereocenters. The first-order valence-electron chi connectivity index (χ1n) is 8.46. The van der Waals surface area contributed by atoms with E-state index in [4.69, 9.17) is 0 Å². The number of rotatable bonds is 6. The first-order chi connectivity index (χ1) is 12.6. The van der Waals surface area contributed by atoms with Gasteiger partial charge in [0.1, 0.15) is 11.5 Å². The lowest BCUT2D eigenvalue weighted by molar-refractivity contribution is 0.0947. The lowest BCUT2D eigenvalue weighted by Crippen LogP contribution is -2.26. The number of hydrogen-bond donors (Lipinski definition) is 1. The normalized spacial score (nSPS) is 10.9. The summed E-state index contributed by atoms with van der Waals surface area (Å²) in [6.07, 6.45) is 4.15. The van der Waals surface area contributed by atoms with Crippen LogP contribution in [0.5, 0.6) is 0 Å². The number of halogens is 1. The third kappa shape index (κ3) is 3.93. The Morgan fingerprint density at radius 2 is 1.85 bits per heavy atom. The Morgan fingerprint density at radius 1 is 1.15 bits per heavy atom. The second kappa shape index (κ2) is 7.86. The summed E-state index contributed by atoms with van der Waals surface area (Å²) in [5.74, 6) is -0.137. The van der Waals surface area contributed by atoms with Gasteiger partial charge in [-0.25, -0.2) is 9.07 Å². The van der Waals surface area contributed by atoms with E-state index in [9.17, 15) is 9.18 Å². The predicted molar refractivity (Wildman–Crippen MR) is 96.3 cm³/mol. The highest BCUT2D eigenvalue weighted by atomic mass is 19.1. The van der Waals surface area contributed by atoms with Crippen molar-refractivity contribution in [3.8, 4) is 16.9 Å². The van der Waals surface area contributed by atoms with Crippen LogP contribution in [-0.2, 0) is 0 Å². The number of benzene rings is 1. The summed E-state index contributed by atoms with van der Waals surface area (Å²) in [4.78, 5) is 16.6. The second-order valence-electron chi connectivity index (χ2n) is 6.35. The molecule has 26 heavy (non-hydrogen) atoms. The van der Waals surface area contributed by atoms with Gasteiger partial charge in [-0.3, -0.25) is 9.78 Å². The van der Waals surface area contributed by atoms with Crippen molar-refractivity contribution in [2.24, 2.45) is 5.92 Å². The Kier molecular flexibility index (Phi) is 5.36. The number of aromatic nitrogens is 4. The highest BCUT2D eigenvalue weighted by Crippen LogP contribution is 2.25. The molecule has 3 rings (SSSR count). The molecule has 1 N–H and O–H groups in total. The average molecular weight is 353 g/mol. The minimum Gasteiger partial charge on any atom is -0.351 e. The summed E-state index contributed by atoms with van der Waals surface area (Å²) in [5.41, 5.74) is 2.14. The zero-order valence-corrected chi connectivity index (χ0v) is 14.7. The lowest BCUT2D eigenvalue weighted by Gasteiger charge is -2.09. The molecule has 0 aliphatic carbocycles. The van der Waals surface area contributed by atoms with Crippen molar-refractivity contribution in [3.05, 3.63) is 60.3 Å². The Hall–Kier alpha value is -3.09. The van der Waals surface area contributed by atoms with Crippen LogP contribution in [0.2, 0.25) is 0 Å². The third-order valence-corrected chi connectivity index (χ3v) is 3.92. The molecule has 0 fully saturated rings. The monoisotopic (exact) mass is 353 g/mol. The first kappa shape index (κ1) is 17.7. The maximum Gasteiger partial charge on any atom is 0.274 e. The van der Waals surface area contributed by atoms with Gasteiger partial charge in [0.05, 0.1) is 5.69 Å². The summed E-state index contributed by atoms with van der Waals surface area (Å²) in [6, 6.07) is 9.43. The van der Waals surface area contributed by atoms with E-state index in [2.05, 4.69) is 34.5 Å². The van der Waals surface area contributed by atoms with Gasteiger partial charge in [-0.15, -0.1) is 5.10 Å². The highest BCUT2D eigenvalue weighted by molar-refractivity contribution is 5.98. The van der Waals surface area contributed by atoms with Crippen LogP contribution in [0.25, 0.3) is 16.9 Å². The van der Waals surface area contributed by atoms with Crippen LogP contribution in [0, 0.1) is 11.7 Å². The summed E-state index contributed by atoms with van der Waals surface area (Å²) < 4.78 is 14.8. The molecule has 0 spiro atoms. The van der Waals surface area contributed by atoms with E-state index in [1.165, 1.54) is 16.8 Å². The van der Waals surface area contributed by atoms with Crippen molar-refractivity contribution in [2.45, 2.75) is 20.3 Å². The molecule has 7 heteroatoms. The molecule has 0 bridgehead atoms. The van der Waals surface area contributed by atoms with Gasteiger partial charge in [-0.2, -0.15) is 0 Å². The molecule has 0 radical (unpaired) electrons. The Morgan fingerprint density at radius 3 is 2.50 bits per heavy atom. The topological polar surface area (TPSA) is 72.7 Å². The van der Waals surface area contributed by atoms with Gasteiger partial charge in [0.15, 0.2) is 5.69 Å². The molecule has 6 nitrogen and oxygen atoms in total. The highest BCUT2D eigenvalue weighted by Gasteiger charge is 2.22. The van der Waals surface area contributed by atoms with E-state index >= 15 is 0 Å². The molecule has 2 aromatic heterocycles. The molecule has 3 aromatic rings. The smallest absolute Gasteiger partial charge is 0.274 e. The summed E-state index contributed by atoms with van der Waals surface area (Å²) >= 11 is 0. The van der Waals surface area contributed by atoms with Crippen molar-refractivity contribution < 1.29 is 9.18 Å². The zero-order chi connectivity index (χ0) is 18.5. The number of nitrogens with zero attached hydrogens (tertiary/aromatic N) is 4. The van der Waals surface area contributed by atoms with Crippen molar-refractivity contribution in [1.29, 1.82) is 0 Å². The molecule has 0 saturated heterocycles. The SMILES string of the molecule is CC(C)CCNC(=O)c1nnn(-c2ccc(F)cc2)c1-c1ccncc1. The van der Waals surface area contributed by atoms with E-state index in [0.29, 0.717) is 23.8 Å². The maximum atomic E-state index is 13.2. The molecule has 2 heterocycles. The molecule has 0 saturated carbocycles. The number of carbonyl (C=O) groups excluding carboxylic acids is 1. The number of nitrogens with one attached hydrogen (secondary N) is 1. The van der Waals surface area contributed by atoms with Crippen molar-refractivity contribution in [2.75, 3.05) is 6.54 Å².